The fourth-order valence-corrected chi connectivity index (χ4v) is 1.26. The van der Waals surface area contributed by atoms with Gasteiger partial charge in [0.25, 0.3) is 0 Å². The van der Waals surface area contributed by atoms with Crippen molar-refractivity contribution in [2.45, 2.75) is 6.92 Å². The molecule has 1 N–H and O–H groups in total. The van der Waals surface area contributed by atoms with E-state index in [1.54, 1.807) is 0 Å². The van der Waals surface area contributed by atoms with Gasteiger partial charge in [-0.1, -0.05) is 11.6 Å². The third-order valence-electron chi connectivity index (χ3n) is 1.56. The monoisotopic (exact) mass is 232 g/mol. The van der Waals surface area contributed by atoms with Crippen LogP contribution in [-0.4, -0.2) is 10.8 Å². The Morgan fingerprint density at radius 1 is 1.60 bits per heavy atom. The van der Waals surface area contributed by atoms with Gasteiger partial charge in [-0.2, -0.15) is 4.39 Å². The Bertz CT molecular complexity index is 436. The molecule has 1 rings (SSSR count). The normalized spacial score (nSPS) is 9.80. The van der Waals surface area contributed by atoms with Crippen LogP contribution in [-0.2, 0) is 4.79 Å². The SMILES string of the molecule is CC(=O)Nc1ccc(F)c([N+](=O)[O-])c1Cl. The van der Waals surface area contributed by atoms with Crippen molar-refractivity contribution in [2.75, 3.05) is 5.32 Å². The van der Waals surface area contributed by atoms with E-state index in [1.165, 1.54) is 6.92 Å². The molecule has 0 fully saturated rings. The molecule has 0 aliphatic carbocycles. The van der Waals surface area contributed by atoms with E-state index in [0.717, 1.165) is 12.1 Å². The average molecular weight is 233 g/mol. The Morgan fingerprint density at radius 3 is 2.67 bits per heavy atom. The molecule has 1 aromatic rings. The molecular formula is C8H6ClFN2O3. The summed E-state index contributed by atoms with van der Waals surface area (Å²) in [4.78, 5) is 20.2. The number of nitro groups is 1. The summed E-state index contributed by atoms with van der Waals surface area (Å²) in [7, 11) is 0. The fourth-order valence-electron chi connectivity index (χ4n) is 0.995. The highest BCUT2D eigenvalue weighted by Gasteiger charge is 2.22. The van der Waals surface area contributed by atoms with Gasteiger partial charge in [0.1, 0.15) is 5.02 Å². The standard InChI is InChI=1S/C8H6ClFN2O3/c1-4(13)11-6-3-2-5(10)8(7(6)9)12(14)15/h2-3H,1H3,(H,11,13). The highest BCUT2D eigenvalue weighted by atomic mass is 35.5. The zero-order chi connectivity index (χ0) is 11.6. The number of carbonyl (C=O) groups is 1. The lowest BCUT2D eigenvalue weighted by atomic mass is 10.2. The highest BCUT2D eigenvalue weighted by molar-refractivity contribution is 6.35. The minimum absolute atomic E-state index is 0.0114. The second-order valence-electron chi connectivity index (χ2n) is 2.70. The van der Waals surface area contributed by atoms with Crippen molar-refractivity contribution >= 4 is 28.9 Å². The van der Waals surface area contributed by atoms with Gasteiger partial charge in [-0.15, -0.1) is 0 Å². The van der Waals surface area contributed by atoms with Crippen LogP contribution in [0.2, 0.25) is 5.02 Å². The summed E-state index contributed by atoms with van der Waals surface area (Å²) in [6.07, 6.45) is 0. The van der Waals surface area contributed by atoms with E-state index in [9.17, 15) is 19.3 Å². The maximum Gasteiger partial charge on any atom is 0.325 e. The number of carbonyl (C=O) groups excluding carboxylic acids is 1. The van der Waals surface area contributed by atoms with E-state index < -0.39 is 27.4 Å². The number of hydrogen-bond donors (Lipinski definition) is 1. The van der Waals surface area contributed by atoms with Crippen LogP contribution in [0.5, 0.6) is 0 Å². The first-order valence-electron chi connectivity index (χ1n) is 3.83. The van der Waals surface area contributed by atoms with Gasteiger partial charge in [0, 0.05) is 6.92 Å². The van der Waals surface area contributed by atoms with Crippen molar-refractivity contribution in [3.05, 3.63) is 33.1 Å². The van der Waals surface area contributed by atoms with Crippen LogP contribution in [0.15, 0.2) is 12.1 Å². The van der Waals surface area contributed by atoms with Gasteiger partial charge in [-0.05, 0) is 12.1 Å². The summed E-state index contributed by atoms with van der Waals surface area (Å²) in [5.41, 5.74) is -0.833. The lowest BCUT2D eigenvalue weighted by molar-refractivity contribution is -0.387. The zero-order valence-electron chi connectivity index (χ0n) is 7.58. The Balaban J connectivity index is 3.28. The molecule has 0 bridgehead atoms. The van der Waals surface area contributed by atoms with Gasteiger partial charge in [-0.25, -0.2) is 0 Å². The average Bonchev–Trinajstić information content (AvgIpc) is 2.09. The molecule has 0 unspecified atom stereocenters. The van der Waals surface area contributed by atoms with Crippen molar-refractivity contribution in [1.29, 1.82) is 0 Å². The maximum atomic E-state index is 13.0. The molecule has 0 heterocycles. The molecule has 0 aliphatic rings. The smallest absolute Gasteiger partial charge is 0.325 e. The van der Waals surface area contributed by atoms with E-state index in [0.29, 0.717) is 0 Å². The Kier molecular flexibility index (Phi) is 3.21. The van der Waals surface area contributed by atoms with Crippen molar-refractivity contribution in [2.24, 2.45) is 0 Å². The summed E-state index contributed by atoms with van der Waals surface area (Å²) in [5.74, 6) is -1.49. The molecule has 0 atom stereocenters. The van der Waals surface area contributed by atoms with E-state index in [2.05, 4.69) is 5.32 Å². The van der Waals surface area contributed by atoms with E-state index in [4.69, 9.17) is 11.6 Å². The third-order valence-corrected chi connectivity index (χ3v) is 1.94. The van der Waals surface area contributed by atoms with E-state index in [-0.39, 0.29) is 5.69 Å². The van der Waals surface area contributed by atoms with Crippen LogP contribution in [0, 0.1) is 15.9 Å². The number of benzene rings is 1. The molecule has 80 valence electrons. The fraction of sp³-hybridized carbons (Fsp3) is 0.125. The first kappa shape index (κ1) is 11.4. The molecule has 0 spiro atoms. The van der Waals surface area contributed by atoms with Crippen LogP contribution in [0.3, 0.4) is 0 Å². The number of halogens is 2. The number of hydrogen-bond acceptors (Lipinski definition) is 3. The van der Waals surface area contributed by atoms with Gasteiger partial charge in [0.2, 0.25) is 11.7 Å². The number of amides is 1. The maximum absolute atomic E-state index is 13.0. The first-order valence-corrected chi connectivity index (χ1v) is 4.21. The van der Waals surface area contributed by atoms with Gasteiger partial charge in [0.15, 0.2) is 0 Å². The molecule has 1 amide bonds. The van der Waals surface area contributed by atoms with Gasteiger partial charge < -0.3 is 5.32 Å². The number of nitrogens with one attached hydrogen (secondary N) is 1. The summed E-state index contributed by atoms with van der Waals surface area (Å²) < 4.78 is 13.0. The van der Waals surface area contributed by atoms with Crippen LogP contribution in [0.4, 0.5) is 15.8 Å². The molecule has 7 heteroatoms. The number of nitro benzene ring substituents is 1. The number of nitrogens with zero attached hydrogens (tertiary/aromatic N) is 1. The summed E-state index contributed by atoms with van der Waals surface area (Å²) in [5, 5.41) is 12.3. The van der Waals surface area contributed by atoms with E-state index in [1.807, 2.05) is 0 Å². The minimum Gasteiger partial charge on any atom is -0.325 e. The summed E-state index contributed by atoms with van der Waals surface area (Å²) in [6.45, 7) is 1.21. The second kappa shape index (κ2) is 4.22. The van der Waals surface area contributed by atoms with Crippen molar-refractivity contribution in [3.63, 3.8) is 0 Å². The lowest BCUT2D eigenvalue weighted by Crippen LogP contribution is -2.07. The van der Waals surface area contributed by atoms with Gasteiger partial charge >= 0.3 is 5.69 Å². The molecule has 0 saturated carbocycles. The third kappa shape index (κ3) is 2.41. The predicted octanol–water partition coefficient (Wildman–Crippen LogP) is 2.35. The molecular weight excluding hydrogens is 227 g/mol. The Morgan fingerprint density at radius 2 is 2.20 bits per heavy atom. The number of rotatable bonds is 2. The zero-order valence-corrected chi connectivity index (χ0v) is 8.34. The van der Waals surface area contributed by atoms with Crippen LogP contribution >= 0.6 is 11.6 Å². The topological polar surface area (TPSA) is 72.2 Å². The predicted molar refractivity (Wildman–Crippen MR) is 52.4 cm³/mol. The molecule has 5 nitrogen and oxygen atoms in total. The molecule has 0 aliphatic heterocycles. The first-order chi connectivity index (χ1) is 6.93. The molecule has 0 radical (unpaired) electrons. The van der Waals surface area contributed by atoms with Crippen molar-refractivity contribution < 1.29 is 14.1 Å². The number of anilines is 1. The molecule has 0 aromatic heterocycles. The molecule has 15 heavy (non-hydrogen) atoms. The minimum atomic E-state index is -1.04. The van der Waals surface area contributed by atoms with Crippen molar-refractivity contribution in [3.8, 4) is 0 Å². The Labute approximate surface area is 89.0 Å². The van der Waals surface area contributed by atoms with E-state index >= 15 is 0 Å². The Hall–Kier alpha value is -1.69. The quantitative estimate of drug-likeness (QED) is 0.628. The summed E-state index contributed by atoms with van der Waals surface area (Å²) >= 11 is 5.56. The molecule has 0 saturated heterocycles. The van der Waals surface area contributed by atoms with Gasteiger partial charge in [0.05, 0.1) is 10.6 Å². The van der Waals surface area contributed by atoms with Crippen LogP contribution in [0.25, 0.3) is 0 Å². The van der Waals surface area contributed by atoms with Crippen LogP contribution in [0.1, 0.15) is 6.92 Å². The summed E-state index contributed by atoms with van der Waals surface area (Å²) in [6, 6.07) is 2.03. The second-order valence-corrected chi connectivity index (χ2v) is 3.07. The van der Waals surface area contributed by atoms with Crippen LogP contribution < -0.4 is 5.32 Å². The van der Waals surface area contributed by atoms with Crippen molar-refractivity contribution in [1.82, 2.24) is 0 Å². The largest absolute Gasteiger partial charge is 0.325 e. The lowest BCUT2D eigenvalue weighted by Gasteiger charge is -2.05. The molecule has 1 aromatic carbocycles. The highest BCUT2D eigenvalue weighted by Crippen LogP contribution is 2.34. The van der Waals surface area contributed by atoms with Gasteiger partial charge in [-0.3, -0.25) is 14.9 Å².